The second kappa shape index (κ2) is 11.4. The first-order chi connectivity index (χ1) is 20.2. The van der Waals surface area contributed by atoms with Crippen molar-refractivity contribution in [1.82, 2.24) is 20.3 Å². The van der Waals surface area contributed by atoms with Gasteiger partial charge in [0.2, 0.25) is 0 Å². The van der Waals surface area contributed by atoms with Gasteiger partial charge in [0.25, 0.3) is 0 Å². The number of carbonyl (C=O) groups is 1. The van der Waals surface area contributed by atoms with Crippen LogP contribution in [0.2, 0.25) is 0 Å². The lowest BCUT2D eigenvalue weighted by Crippen LogP contribution is -2.56. The number of morpholine rings is 1. The number of hydrogen-bond donors (Lipinski definition) is 2. The lowest BCUT2D eigenvalue weighted by molar-refractivity contribution is 0.0932. The lowest BCUT2D eigenvalue weighted by atomic mass is 9.85. The van der Waals surface area contributed by atoms with Crippen molar-refractivity contribution in [2.75, 3.05) is 42.6 Å². The third-order valence-electron chi connectivity index (χ3n) is 8.72. The van der Waals surface area contributed by atoms with E-state index in [2.05, 4.69) is 44.4 Å². The van der Waals surface area contributed by atoms with E-state index >= 15 is 0 Å². The number of anilines is 2. The third-order valence-corrected chi connectivity index (χ3v) is 8.72. The lowest BCUT2D eigenvalue weighted by Gasteiger charge is -2.46. The summed E-state index contributed by atoms with van der Waals surface area (Å²) < 4.78 is 11.3. The Hall–Kier alpha value is -4.11. The summed E-state index contributed by atoms with van der Waals surface area (Å²) in [4.78, 5) is 30.6. The van der Waals surface area contributed by atoms with Crippen LogP contribution in [0.4, 0.5) is 16.3 Å². The zero-order valence-corrected chi connectivity index (χ0v) is 23.2. The highest BCUT2D eigenvalue weighted by atomic mass is 16.5. The molecule has 2 N–H and O–H groups in total. The highest BCUT2D eigenvalue weighted by Gasteiger charge is 2.36. The van der Waals surface area contributed by atoms with Gasteiger partial charge in [0.1, 0.15) is 6.61 Å². The molecule has 0 unspecified atom stereocenters. The standard InChI is InChI=1S/C32H36N6O3/c39-32(41-20-23-5-2-1-3-6-23)35-24-11-9-22(10-12-24)18-37-19-25-21-40-16-15-38(25)31-29(37)17-34-30(36-31)27-7-4-8-28-26(27)13-14-33-28/h1-8,13-14,17,22,24-25,33H,9-12,15-16,18-21H2,(H,35,39)/t22?,24?,25-/m1/s1. The fourth-order valence-corrected chi connectivity index (χ4v) is 6.55. The Bertz CT molecular complexity index is 1500. The summed E-state index contributed by atoms with van der Waals surface area (Å²) in [5.41, 5.74) is 4.23. The zero-order chi connectivity index (χ0) is 27.6. The Morgan fingerprint density at radius 2 is 1.95 bits per heavy atom. The fraction of sp³-hybridized carbons (Fsp3) is 0.406. The predicted octanol–water partition coefficient (Wildman–Crippen LogP) is 5.14. The largest absolute Gasteiger partial charge is 0.445 e. The molecule has 9 heteroatoms. The average molecular weight is 553 g/mol. The van der Waals surface area contributed by atoms with Crippen molar-refractivity contribution < 1.29 is 14.3 Å². The Labute approximate surface area is 239 Å². The van der Waals surface area contributed by atoms with Crippen LogP contribution in [0.5, 0.6) is 0 Å². The molecule has 1 atom stereocenters. The number of amides is 1. The maximum Gasteiger partial charge on any atom is 0.407 e. The molecule has 41 heavy (non-hydrogen) atoms. The van der Waals surface area contributed by atoms with Crippen LogP contribution in [-0.4, -0.2) is 66.0 Å². The number of ether oxygens (including phenoxy) is 2. The van der Waals surface area contributed by atoms with Crippen LogP contribution in [0.15, 0.2) is 67.0 Å². The minimum atomic E-state index is -0.331. The Morgan fingerprint density at radius 3 is 2.83 bits per heavy atom. The van der Waals surface area contributed by atoms with Crippen LogP contribution in [0, 0.1) is 5.92 Å². The van der Waals surface area contributed by atoms with E-state index in [4.69, 9.17) is 19.4 Å². The van der Waals surface area contributed by atoms with E-state index in [-0.39, 0.29) is 18.2 Å². The fourth-order valence-electron chi connectivity index (χ4n) is 6.55. The van der Waals surface area contributed by atoms with Crippen molar-refractivity contribution in [2.45, 2.75) is 44.4 Å². The highest BCUT2D eigenvalue weighted by molar-refractivity contribution is 5.93. The first-order valence-corrected chi connectivity index (χ1v) is 14.7. The molecule has 212 valence electrons. The number of nitrogens with zero attached hydrogens (tertiary/aromatic N) is 4. The first kappa shape index (κ1) is 25.8. The van der Waals surface area contributed by atoms with E-state index in [9.17, 15) is 4.79 Å². The first-order valence-electron chi connectivity index (χ1n) is 14.7. The molecule has 1 amide bonds. The van der Waals surface area contributed by atoms with Gasteiger partial charge in [-0.2, -0.15) is 0 Å². The molecule has 1 aliphatic carbocycles. The van der Waals surface area contributed by atoms with Gasteiger partial charge in [0.05, 0.1) is 31.1 Å². The molecule has 0 spiro atoms. The van der Waals surface area contributed by atoms with E-state index in [1.54, 1.807) is 0 Å². The number of aromatic amines is 1. The Balaban J connectivity index is 1.02. The van der Waals surface area contributed by atoms with Crippen LogP contribution in [-0.2, 0) is 16.1 Å². The molecule has 4 heterocycles. The Kier molecular flexibility index (Phi) is 7.19. The van der Waals surface area contributed by atoms with E-state index in [0.29, 0.717) is 25.7 Å². The Morgan fingerprint density at radius 1 is 1.07 bits per heavy atom. The molecule has 2 aromatic carbocycles. The molecule has 1 saturated carbocycles. The molecule has 0 radical (unpaired) electrons. The van der Waals surface area contributed by atoms with Crippen molar-refractivity contribution in [3.63, 3.8) is 0 Å². The number of aromatic nitrogens is 3. The maximum absolute atomic E-state index is 12.4. The molecule has 2 fully saturated rings. The number of carbonyl (C=O) groups excluding carboxylic acids is 1. The van der Waals surface area contributed by atoms with Crippen molar-refractivity contribution >= 4 is 28.5 Å². The second-order valence-corrected chi connectivity index (χ2v) is 11.4. The molecule has 2 aromatic heterocycles. The smallest absolute Gasteiger partial charge is 0.407 e. The summed E-state index contributed by atoms with van der Waals surface area (Å²) in [6, 6.07) is 18.5. The maximum atomic E-state index is 12.4. The summed E-state index contributed by atoms with van der Waals surface area (Å²) in [5.74, 6) is 2.32. The van der Waals surface area contributed by atoms with Crippen LogP contribution >= 0.6 is 0 Å². The number of alkyl carbamates (subject to hydrolysis) is 1. The SMILES string of the molecule is O=C(NC1CCC(CN2C[C@@H]3COCCN3c3nc(-c4cccc5[nH]ccc45)ncc32)CC1)OCc1ccccc1. The van der Waals surface area contributed by atoms with Crippen LogP contribution in [0.25, 0.3) is 22.3 Å². The van der Waals surface area contributed by atoms with Gasteiger partial charge in [-0.3, -0.25) is 0 Å². The van der Waals surface area contributed by atoms with E-state index in [1.807, 2.05) is 42.7 Å². The topological polar surface area (TPSA) is 95.6 Å². The van der Waals surface area contributed by atoms with E-state index < -0.39 is 0 Å². The van der Waals surface area contributed by atoms with Gasteiger partial charge in [0, 0.05) is 48.3 Å². The van der Waals surface area contributed by atoms with Gasteiger partial charge in [-0.05, 0) is 49.3 Å². The van der Waals surface area contributed by atoms with Gasteiger partial charge >= 0.3 is 6.09 Å². The number of fused-ring (bicyclic) bond motifs is 4. The minimum Gasteiger partial charge on any atom is -0.445 e. The monoisotopic (exact) mass is 552 g/mol. The number of nitrogens with one attached hydrogen (secondary N) is 2. The molecule has 1 saturated heterocycles. The highest BCUT2D eigenvalue weighted by Crippen LogP contribution is 2.38. The summed E-state index contributed by atoms with van der Waals surface area (Å²) >= 11 is 0. The molecule has 9 nitrogen and oxygen atoms in total. The van der Waals surface area contributed by atoms with Crippen molar-refractivity contribution in [2.24, 2.45) is 5.92 Å². The summed E-state index contributed by atoms with van der Waals surface area (Å²) in [5, 5.41) is 4.21. The normalized spacial score (nSPS) is 22.2. The predicted molar refractivity (Wildman–Crippen MR) is 159 cm³/mol. The van der Waals surface area contributed by atoms with Crippen LogP contribution in [0.3, 0.4) is 0 Å². The minimum absolute atomic E-state index is 0.160. The van der Waals surface area contributed by atoms with Crippen molar-refractivity contribution in [3.8, 4) is 11.4 Å². The summed E-state index contributed by atoms with van der Waals surface area (Å²) in [6.07, 6.45) is 7.70. The van der Waals surface area contributed by atoms with Gasteiger partial charge < -0.3 is 29.6 Å². The number of hydrogen-bond acceptors (Lipinski definition) is 7. The molecule has 0 bridgehead atoms. The quantitative estimate of drug-likeness (QED) is 0.342. The molecule has 3 aliphatic rings. The number of rotatable bonds is 6. The molecular weight excluding hydrogens is 516 g/mol. The van der Waals surface area contributed by atoms with Gasteiger partial charge in [-0.15, -0.1) is 0 Å². The van der Waals surface area contributed by atoms with Crippen LogP contribution < -0.4 is 15.1 Å². The van der Waals surface area contributed by atoms with Crippen molar-refractivity contribution in [3.05, 3.63) is 72.6 Å². The zero-order valence-electron chi connectivity index (χ0n) is 23.2. The van der Waals surface area contributed by atoms with Crippen molar-refractivity contribution in [1.29, 1.82) is 0 Å². The summed E-state index contributed by atoms with van der Waals surface area (Å²) in [6.45, 7) is 4.43. The number of H-pyrrole nitrogens is 1. The molecular formula is C32H36N6O3. The molecule has 7 rings (SSSR count). The number of benzene rings is 2. The average Bonchev–Trinajstić information content (AvgIpc) is 3.51. The second-order valence-electron chi connectivity index (χ2n) is 11.4. The van der Waals surface area contributed by atoms with E-state index in [1.165, 1.54) is 0 Å². The van der Waals surface area contributed by atoms with Gasteiger partial charge in [0.15, 0.2) is 11.6 Å². The molecule has 2 aliphatic heterocycles. The third kappa shape index (κ3) is 5.46. The van der Waals surface area contributed by atoms with Gasteiger partial charge in [-0.25, -0.2) is 14.8 Å². The van der Waals surface area contributed by atoms with Gasteiger partial charge in [-0.1, -0.05) is 42.5 Å². The summed E-state index contributed by atoms with van der Waals surface area (Å²) in [7, 11) is 0. The van der Waals surface area contributed by atoms with E-state index in [0.717, 1.165) is 84.7 Å². The van der Waals surface area contributed by atoms with Crippen LogP contribution in [0.1, 0.15) is 31.2 Å². The molecule has 4 aromatic rings.